The maximum absolute atomic E-state index is 11.8. The highest BCUT2D eigenvalue weighted by atomic mass is 16.7. The van der Waals surface area contributed by atoms with Gasteiger partial charge in [-0.3, -0.25) is 4.79 Å². The Morgan fingerprint density at radius 3 is 2.45 bits per heavy atom. The molecule has 2 N–H and O–H groups in total. The molecule has 2 aromatic heterocycles. The van der Waals surface area contributed by atoms with E-state index in [0.717, 1.165) is 28.9 Å². The van der Waals surface area contributed by atoms with E-state index in [0.29, 0.717) is 30.0 Å². The molecule has 8 heteroatoms. The van der Waals surface area contributed by atoms with Crippen molar-refractivity contribution in [1.82, 2.24) is 14.5 Å². The maximum atomic E-state index is 11.8. The Morgan fingerprint density at radius 1 is 1.00 bits per heavy atom. The number of carboxylic acid groups (broad SMARTS) is 1. The van der Waals surface area contributed by atoms with Crippen LogP contribution in [0.4, 0.5) is 10.6 Å². The zero-order valence-electron chi connectivity index (χ0n) is 18.4. The lowest BCUT2D eigenvalue weighted by molar-refractivity contribution is -0.115. The monoisotopic (exact) mass is 444 g/mol. The van der Waals surface area contributed by atoms with E-state index in [2.05, 4.69) is 15.3 Å². The number of nitrogens with zero attached hydrogens (tertiary/aromatic N) is 3. The van der Waals surface area contributed by atoms with E-state index < -0.39 is 6.16 Å². The Bertz CT molecular complexity index is 1310. The number of fused-ring (bicyclic) bond motifs is 1. The summed E-state index contributed by atoms with van der Waals surface area (Å²) < 4.78 is 6.96. The summed E-state index contributed by atoms with van der Waals surface area (Å²) in [6, 6.07) is 18.5. The van der Waals surface area contributed by atoms with Gasteiger partial charge in [-0.25, -0.2) is 14.8 Å². The first-order chi connectivity index (χ1) is 16.0. The molecular formula is C25H24N4O4. The highest BCUT2D eigenvalue weighted by Crippen LogP contribution is 2.30. The largest absolute Gasteiger partial charge is 0.511 e. The summed E-state index contributed by atoms with van der Waals surface area (Å²) in [6.45, 7) is 4.40. The summed E-state index contributed by atoms with van der Waals surface area (Å²) in [6.07, 6.45) is -0.225. The van der Waals surface area contributed by atoms with Gasteiger partial charge in [-0.15, -0.1) is 0 Å². The summed E-state index contributed by atoms with van der Waals surface area (Å²) in [5.41, 5.74) is 4.08. The van der Waals surface area contributed by atoms with E-state index in [-0.39, 0.29) is 11.7 Å². The molecule has 1 amide bonds. The van der Waals surface area contributed by atoms with Crippen LogP contribution < -0.4 is 10.1 Å². The van der Waals surface area contributed by atoms with Crippen LogP contribution in [0.1, 0.15) is 31.7 Å². The highest BCUT2D eigenvalue weighted by Gasteiger charge is 2.14. The number of pyridine rings is 1. The molecule has 0 unspecified atom stereocenters. The van der Waals surface area contributed by atoms with Crippen molar-refractivity contribution in [2.75, 3.05) is 5.32 Å². The molecule has 168 valence electrons. The number of aryl methyl sites for hydroxylation is 1. The van der Waals surface area contributed by atoms with E-state index in [9.17, 15) is 9.59 Å². The molecule has 33 heavy (non-hydrogen) atoms. The van der Waals surface area contributed by atoms with Crippen LogP contribution in [0.15, 0.2) is 60.7 Å². The summed E-state index contributed by atoms with van der Waals surface area (Å²) in [5, 5.41) is 11.8. The van der Waals surface area contributed by atoms with Gasteiger partial charge in [0.25, 0.3) is 0 Å². The number of anilines is 1. The van der Waals surface area contributed by atoms with Gasteiger partial charge >= 0.3 is 6.16 Å². The van der Waals surface area contributed by atoms with Gasteiger partial charge in [-0.05, 0) is 29.3 Å². The Labute approximate surface area is 190 Å². The summed E-state index contributed by atoms with van der Waals surface area (Å²) >= 11 is 0. The quantitative estimate of drug-likeness (QED) is 0.303. The van der Waals surface area contributed by atoms with Crippen molar-refractivity contribution >= 4 is 29.0 Å². The first-order valence-electron chi connectivity index (χ1n) is 10.7. The molecule has 0 saturated carbocycles. The predicted octanol–water partition coefficient (Wildman–Crippen LogP) is 5.11. The molecule has 2 heterocycles. The second-order valence-electron chi connectivity index (χ2n) is 7.47. The van der Waals surface area contributed by atoms with Crippen LogP contribution in [0.2, 0.25) is 0 Å². The minimum atomic E-state index is -1.35. The second kappa shape index (κ2) is 9.52. The van der Waals surface area contributed by atoms with Gasteiger partial charge in [-0.1, -0.05) is 56.3 Å². The van der Waals surface area contributed by atoms with E-state index >= 15 is 0 Å². The molecule has 0 radical (unpaired) electrons. The predicted molar refractivity (Wildman–Crippen MR) is 125 cm³/mol. The van der Waals surface area contributed by atoms with Gasteiger partial charge in [0, 0.05) is 18.4 Å². The normalized spacial score (nSPS) is 10.8. The molecule has 0 spiro atoms. The van der Waals surface area contributed by atoms with Gasteiger partial charge < -0.3 is 19.7 Å². The van der Waals surface area contributed by atoms with Crippen molar-refractivity contribution in [2.45, 2.75) is 33.2 Å². The summed E-state index contributed by atoms with van der Waals surface area (Å²) in [4.78, 5) is 32.1. The standard InChI is InChI=1S/C25H24N4O4/c1-3-22-26-19-13-14-21(27-23(30)4-2)28-24(19)29(22)15-16-9-11-17(12-10-16)18-7-5-6-8-20(18)33-25(31)32/h5-14H,3-4,15H2,1-2H3,(H,31,32)(H,27,28,30). The molecule has 0 fully saturated rings. The lowest BCUT2D eigenvalue weighted by Gasteiger charge is -2.11. The minimum Gasteiger partial charge on any atom is -0.449 e. The van der Waals surface area contributed by atoms with Crippen molar-refractivity contribution in [3.63, 3.8) is 0 Å². The van der Waals surface area contributed by atoms with Crippen molar-refractivity contribution in [3.05, 3.63) is 72.1 Å². The Balaban J connectivity index is 1.64. The number of rotatable bonds is 7. The lowest BCUT2D eigenvalue weighted by Crippen LogP contribution is -2.11. The van der Waals surface area contributed by atoms with Crippen LogP contribution in [-0.4, -0.2) is 31.7 Å². The van der Waals surface area contributed by atoms with Crippen LogP contribution in [0.3, 0.4) is 0 Å². The maximum Gasteiger partial charge on any atom is 0.511 e. The molecule has 4 rings (SSSR count). The zero-order chi connectivity index (χ0) is 23.4. The summed E-state index contributed by atoms with van der Waals surface area (Å²) in [5.74, 6) is 1.60. The number of benzene rings is 2. The number of para-hydroxylation sites is 1. The zero-order valence-corrected chi connectivity index (χ0v) is 18.4. The SMILES string of the molecule is CCC(=O)Nc1ccc2nc(CC)n(Cc3ccc(-c4ccccc4OC(=O)O)cc3)c2n1. The Hall–Kier alpha value is -4.20. The first kappa shape index (κ1) is 22.0. The number of nitrogens with one attached hydrogen (secondary N) is 1. The topological polar surface area (TPSA) is 106 Å². The smallest absolute Gasteiger partial charge is 0.449 e. The van der Waals surface area contributed by atoms with E-state index in [4.69, 9.17) is 9.84 Å². The number of hydrogen-bond donors (Lipinski definition) is 2. The van der Waals surface area contributed by atoms with Gasteiger partial charge in [0.2, 0.25) is 5.91 Å². The van der Waals surface area contributed by atoms with Crippen LogP contribution in [0, 0.1) is 0 Å². The first-order valence-corrected chi connectivity index (χ1v) is 10.7. The van der Waals surface area contributed by atoms with Crippen molar-refractivity contribution in [2.24, 2.45) is 0 Å². The average Bonchev–Trinajstić information content (AvgIpc) is 3.16. The van der Waals surface area contributed by atoms with E-state index in [1.165, 1.54) is 0 Å². The molecule has 0 saturated heterocycles. The Kier molecular flexibility index (Phi) is 6.35. The van der Waals surface area contributed by atoms with Crippen molar-refractivity contribution in [1.29, 1.82) is 0 Å². The fourth-order valence-electron chi connectivity index (χ4n) is 3.65. The minimum absolute atomic E-state index is 0.0913. The molecule has 0 aliphatic heterocycles. The number of carbonyl (C=O) groups is 2. The molecule has 8 nitrogen and oxygen atoms in total. The van der Waals surface area contributed by atoms with Gasteiger partial charge in [0.15, 0.2) is 5.65 Å². The van der Waals surface area contributed by atoms with Gasteiger partial charge in [0.05, 0.1) is 6.54 Å². The van der Waals surface area contributed by atoms with Crippen LogP contribution >= 0.6 is 0 Å². The molecule has 0 aliphatic carbocycles. The third-order valence-electron chi connectivity index (χ3n) is 5.27. The van der Waals surface area contributed by atoms with Crippen LogP contribution in [0.5, 0.6) is 5.75 Å². The third kappa shape index (κ3) is 4.85. The number of amides is 1. The third-order valence-corrected chi connectivity index (χ3v) is 5.27. The van der Waals surface area contributed by atoms with E-state index in [1.54, 1.807) is 25.1 Å². The average molecular weight is 444 g/mol. The second-order valence-corrected chi connectivity index (χ2v) is 7.47. The highest BCUT2D eigenvalue weighted by molar-refractivity contribution is 5.90. The number of ether oxygens (including phenoxy) is 1. The van der Waals surface area contributed by atoms with Gasteiger partial charge in [0.1, 0.15) is 22.9 Å². The molecule has 0 aliphatic rings. The molecular weight excluding hydrogens is 420 g/mol. The summed E-state index contributed by atoms with van der Waals surface area (Å²) in [7, 11) is 0. The number of carbonyl (C=O) groups excluding carboxylic acids is 1. The lowest BCUT2D eigenvalue weighted by atomic mass is 10.0. The van der Waals surface area contributed by atoms with Crippen LogP contribution in [0.25, 0.3) is 22.3 Å². The fraction of sp³-hybridized carbons (Fsp3) is 0.200. The fourth-order valence-corrected chi connectivity index (χ4v) is 3.65. The molecule has 2 aromatic carbocycles. The number of imidazole rings is 1. The number of hydrogen-bond acceptors (Lipinski definition) is 5. The van der Waals surface area contributed by atoms with Crippen molar-refractivity contribution < 1.29 is 19.4 Å². The van der Waals surface area contributed by atoms with Crippen molar-refractivity contribution in [3.8, 4) is 16.9 Å². The number of aromatic nitrogens is 3. The van der Waals surface area contributed by atoms with E-state index in [1.807, 2.05) is 54.0 Å². The van der Waals surface area contributed by atoms with Crippen LogP contribution in [-0.2, 0) is 17.8 Å². The Morgan fingerprint density at radius 2 is 1.76 bits per heavy atom. The molecule has 0 atom stereocenters. The van der Waals surface area contributed by atoms with Gasteiger partial charge in [-0.2, -0.15) is 0 Å². The molecule has 0 bridgehead atoms. The molecule has 4 aromatic rings.